The molecule has 0 aromatic heterocycles. The zero-order valence-electron chi connectivity index (χ0n) is 13.7. The largest absolute Gasteiger partial charge is 0.493 e. The van der Waals surface area contributed by atoms with Crippen molar-refractivity contribution >= 4 is 23.9 Å². The van der Waals surface area contributed by atoms with Crippen molar-refractivity contribution in [3.63, 3.8) is 0 Å². The molecule has 0 unspecified atom stereocenters. The van der Waals surface area contributed by atoms with E-state index in [0.29, 0.717) is 11.3 Å². The summed E-state index contributed by atoms with van der Waals surface area (Å²) < 4.78 is 15.5. The number of benzene rings is 2. The molecule has 0 fully saturated rings. The van der Waals surface area contributed by atoms with Crippen LogP contribution in [0.25, 0.3) is 6.08 Å². The van der Waals surface area contributed by atoms with Crippen molar-refractivity contribution in [2.75, 3.05) is 7.11 Å². The number of cyclic esters (lactones) is 1. The monoisotopic (exact) mass is 337 g/mol. The highest BCUT2D eigenvalue weighted by atomic mass is 16.6. The summed E-state index contributed by atoms with van der Waals surface area (Å²) in [5, 5.41) is 0. The lowest BCUT2D eigenvalue weighted by molar-refractivity contribution is -0.132. The Morgan fingerprint density at radius 1 is 1.12 bits per heavy atom. The number of nitrogens with zero attached hydrogens (tertiary/aromatic N) is 1. The summed E-state index contributed by atoms with van der Waals surface area (Å²) in [6.45, 7) is 1.30. The molecule has 0 saturated carbocycles. The van der Waals surface area contributed by atoms with Crippen molar-refractivity contribution in [2.45, 2.75) is 6.92 Å². The standard InChI is InChI=1S/C19H15NO5/c1-12(21)24-17-11-13(8-9-16(17)23-2)10-15-19(22)25-18(20-15)14-6-4-3-5-7-14/h3-11H,1-2H3. The van der Waals surface area contributed by atoms with E-state index >= 15 is 0 Å². The first-order chi connectivity index (χ1) is 12.1. The van der Waals surface area contributed by atoms with E-state index in [4.69, 9.17) is 14.2 Å². The molecule has 126 valence electrons. The van der Waals surface area contributed by atoms with Crippen LogP contribution in [0.1, 0.15) is 18.1 Å². The van der Waals surface area contributed by atoms with Crippen LogP contribution in [0.3, 0.4) is 0 Å². The van der Waals surface area contributed by atoms with Crippen molar-refractivity contribution in [1.82, 2.24) is 0 Å². The number of esters is 2. The van der Waals surface area contributed by atoms with Gasteiger partial charge in [-0.05, 0) is 35.9 Å². The molecular weight excluding hydrogens is 322 g/mol. The van der Waals surface area contributed by atoms with E-state index in [1.54, 1.807) is 36.4 Å². The Balaban J connectivity index is 1.93. The lowest BCUT2D eigenvalue weighted by atomic mass is 10.1. The molecule has 1 aliphatic rings. The van der Waals surface area contributed by atoms with Gasteiger partial charge in [0.1, 0.15) is 0 Å². The van der Waals surface area contributed by atoms with E-state index in [0.717, 1.165) is 5.56 Å². The highest BCUT2D eigenvalue weighted by Crippen LogP contribution is 2.30. The second-order valence-corrected chi connectivity index (χ2v) is 5.21. The van der Waals surface area contributed by atoms with Crippen LogP contribution >= 0.6 is 0 Å². The fourth-order valence-electron chi connectivity index (χ4n) is 2.29. The van der Waals surface area contributed by atoms with Crippen LogP contribution in [0.4, 0.5) is 0 Å². The molecule has 25 heavy (non-hydrogen) atoms. The summed E-state index contributed by atoms with van der Waals surface area (Å²) >= 11 is 0. The Kier molecular flexibility index (Phi) is 4.61. The van der Waals surface area contributed by atoms with Crippen molar-refractivity contribution in [3.05, 3.63) is 65.4 Å². The molecule has 1 heterocycles. The second-order valence-electron chi connectivity index (χ2n) is 5.21. The quantitative estimate of drug-likeness (QED) is 0.487. The minimum Gasteiger partial charge on any atom is -0.493 e. The van der Waals surface area contributed by atoms with E-state index in [-0.39, 0.29) is 17.3 Å². The van der Waals surface area contributed by atoms with E-state index in [1.165, 1.54) is 14.0 Å². The first-order valence-corrected chi connectivity index (χ1v) is 7.51. The molecular formula is C19H15NO5. The molecule has 2 aromatic carbocycles. The molecule has 0 atom stereocenters. The minimum absolute atomic E-state index is 0.165. The van der Waals surface area contributed by atoms with Crippen LogP contribution in [0.15, 0.2) is 59.2 Å². The van der Waals surface area contributed by atoms with E-state index in [9.17, 15) is 9.59 Å². The molecule has 0 radical (unpaired) electrons. The van der Waals surface area contributed by atoms with Crippen molar-refractivity contribution in [3.8, 4) is 11.5 Å². The lowest BCUT2D eigenvalue weighted by Crippen LogP contribution is -2.05. The molecule has 2 aromatic rings. The topological polar surface area (TPSA) is 74.2 Å². The van der Waals surface area contributed by atoms with Gasteiger partial charge >= 0.3 is 11.9 Å². The summed E-state index contributed by atoms with van der Waals surface area (Å²) in [6, 6.07) is 14.1. The summed E-state index contributed by atoms with van der Waals surface area (Å²) in [4.78, 5) is 27.5. The van der Waals surface area contributed by atoms with Crippen LogP contribution in [0.2, 0.25) is 0 Å². The Bertz CT molecular complexity index is 884. The third kappa shape index (κ3) is 3.74. The lowest BCUT2D eigenvalue weighted by Gasteiger charge is -2.08. The maximum absolute atomic E-state index is 12.0. The molecule has 0 amide bonds. The Morgan fingerprint density at radius 2 is 1.88 bits per heavy atom. The first-order valence-electron chi connectivity index (χ1n) is 7.51. The number of carbonyl (C=O) groups is 2. The molecule has 0 spiro atoms. The van der Waals surface area contributed by atoms with Gasteiger partial charge in [-0.25, -0.2) is 9.79 Å². The van der Waals surface area contributed by atoms with Crippen LogP contribution in [-0.2, 0) is 14.3 Å². The van der Waals surface area contributed by atoms with E-state index < -0.39 is 11.9 Å². The summed E-state index contributed by atoms with van der Waals surface area (Å²) in [6.07, 6.45) is 1.56. The normalized spacial score (nSPS) is 14.9. The highest BCUT2D eigenvalue weighted by Gasteiger charge is 2.24. The number of aliphatic imine (C=N–C) groups is 1. The Morgan fingerprint density at radius 3 is 2.56 bits per heavy atom. The van der Waals surface area contributed by atoms with Gasteiger partial charge in [0.25, 0.3) is 0 Å². The number of hydrogen-bond donors (Lipinski definition) is 0. The van der Waals surface area contributed by atoms with Gasteiger partial charge in [-0.2, -0.15) is 0 Å². The summed E-state index contributed by atoms with van der Waals surface area (Å²) in [7, 11) is 1.48. The number of hydrogen-bond acceptors (Lipinski definition) is 6. The fourth-order valence-corrected chi connectivity index (χ4v) is 2.29. The third-order valence-corrected chi connectivity index (χ3v) is 3.39. The van der Waals surface area contributed by atoms with E-state index in [2.05, 4.69) is 4.99 Å². The zero-order chi connectivity index (χ0) is 17.8. The second kappa shape index (κ2) is 7.00. The van der Waals surface area contributed by atoms with Crippen molar-refractivity contribution < 1.29 is 23.8 Å². The molecule has 0 bridgehead atoms. The molecule has 0 aliphatic carbocycles. The van der Waals surface area contributed by atoms with Gasteiger partial charge in [0.05, 0.1) is 7.11 Å². The average Bonchev–Trinajstić information content (AvgIpc) is 2.96. The Hall–Kier alpha value is -3.41. The molecule has 0 N–H and O–H groups in total. The van der Waals surface area contributed by atoms with Gasteiger partial charge in [-0.3, -0.25) is 4.79 Å². The average molecular weight is 337 g/mol. The van der Waals surface area contributed by atoms with Gasteiger partial charge in [0.2, 0.25) is 5.90 Å². The number of methoxy groups -OCH3 is 1. The fraction of sp³-hybridized carbons (Fsp3) is 0.105. The molecule has 6 heteroatoms. The zero-order valence-corrected chi connectivity index (χ0v) is 13.7. The first kappa shape index (κ1) is 16.4. The van der Waals surface area contributed by atoms with Crippen LogP contribution < -0.4 is 9.47 Å². The van der Waals surface area contributed by atoms with Gasteiger partial charge in [-0.1, -0.05) is 24.3 Å². The van der Waals surface area contributed by atoms with Gasteiger partial charge in [0.15, 0.2) is 17.2 Å². The van der Waals surface area contributed by atoms with Gasteiger partial charge in [-0.15, -0.1) is 0 Å². The SMILES string of the molecule is COc1ccc(C=C2N=C(c3ccccc3)OC2=O)cc1OC(C)=O. The Labute approximate surface area is 144 Å². The maximum Gasteiger partial charge on any atom is 0.363 e. The van der Waals surface area contributed by atoms with Crippen LogP contribution in [0.5, 0.6) is 11.5 Å². The smallest absolute Gasteiger partial charge is 0.363 e. The summed E-state index contributed by atoms with van der Waals surface area (Å²) in [5.41, 5.74) is 1.51. The molecule has 3 rings (SSSR count). The van der Waals surface area contributed by atoms with E-state index in [1.807, 2.05) is 18.2 Å². The van der Waals surface area contributed by atoms with Crippen LogP contribution in [-0.4, -0.2) is 24.9 Å². The predicted octanol–water partition coefficient (Wildman–Crippen LogP) is 2.97. The maximum atomic E-state index is 12.0. The highest BCUT2D eigenvalue weighted by molar-refractivity contribution is 6.12. The number of carbonyl (C=O) groups excluding carboxylic acids is 2. The molecule has 0 saturated heterocycles. The minimum atomic E-state index is -0.538. The van der Waals surface area contributed by atoms with Crippen LogP contribution in [0, 0.1) is 0 Å². The number of ether oxygens (including phenoxy) is 3. The third-order valence-electron chi connectivity index (χ3n) is 3.39. The number of rotatable bonds is 4. The van der Waals surface area contributed by atoms with Gasteiger partial charge < -0.3 is 14.2 Å². The predicted molar refractivity (Wildman–Crippen MR) is 91.4 cm³/mol. The summed E-state index contributed by atoms with van der Waals surface area (Å²) in [5.74, 6) is -0.0650. The van der Waals surface area contributed by atoms with Crippen molar-refractivity contribution in [2.24, 2.45) is 4.99 Å². The van der Waals surface area contributed by atoms with Crippen molar-refractivity contribution in [1.29, 1.82) is 0 Å². The van der Waals surface area contributed by atoms with Gasteiger partial charge in [0, 0.05) is 12.5 Å². The molecule has 1 aliphatic heterocycles. The molecule has 6 nitrogen and oxygen atoms in total.